The molecule has 3 aromatic rings. The van der Waals surface area contributed by atoms with E-state index in [2.05, 4.69) is 0 Å². The molecule has 1 aromatic heterocycles. The van der Waals surface area contributed by atoms with E-state index in [0.29, 0.717) is 11.3 Å². The Balaban J connectivity index is 1.69. The van der Waals surface area contributed by atoms with Crippen LogP contribution in [0, 0.1) is 17.7 Å². The number of hydrogen-bond donors (Lipinski definition) is 1. The Morgan fingerprint density at radius 1 is 1.06 bits per heavy atom. The van der Waals surface area contributed by atoms with Crippen LogP contribution in [0.5, 0.6) is 0 Å². The van der Waals surface area contributed by atoms with Gasteiger partial charge in [-0.05, 0) is 29.8 Å². The number of ether oxygens (including phenoxy) is 1. The third-order valence-electron chi connectivity index (χ3n) is 6.94. The number of nitrogens with zero attached hydrogens (tertiary/aromatic N) is 2. The molecule has 2 aliphatic rings. The molecule has 1 saturated heterocycles. The quantitative estimate of drug-likeness (QED) is 0.603. The molecule has 2 aromatic carbocycles. The molecule has 0 unspecified atom stereocenters. The van der Waals surface area contributed by atoms with E-state index in [-0.39, 0.29) is 17.7 Å². The number of aromatic nitrogens is 1. The summed E-state index contributed by atoms with van der Waals surface area (Å²) in [5.74, 6) is -3.43. The standard InChI is InChI=1S/C26H23FN2O5/c1-34-26(33)22-18(14-30)21-13-28-20(12-11-16(24(28)31)15-7-3-2-4-8-15)23(22)29(21)25(32)17-9-5-6-10-19(17)27/h2-12,18,21-23,30H,13-14H2,1H3/t18-,21-,22+,23+/m0/s1. The van der Waals surface area contributed by atoms with Crippen molar-refractivity contribution in [2.75, 3.05) is 13.7 Å². The van der Waals surface area contributed by atoms with Crippen molar-refractivity contribution in [2.24, 2.45) is 11.8 Å². The van der Waals surface area contributed by atoms with Crippen LogP contribution >= 0.6 is 0 Å². The van der Waals surface area contributed by atoms with Gasteiger partial charge >= 0.3 is 5.97 Å². The molecule has 7 nitrogen and oxygen atoms in total. The molecular weight excluding hydrogens is 439 g/mol. The number of rotatable bonds is 4. The molecule has 8 heteroatoms. The number of amides is 1. The number of fused-ring (bicyclic) bond motifs is 4. The molecule has 0 radical (unpaired) electrons. The molecule has 0 aliphatic carbocycles. The second-order valence-corrected chi connectivity index (χ2v) is 8.55. The van der Waals surface area contributed by atoms with E-state index in [1.54, 1.807) is 22.8 Å². The highest BCUT2D eigenvalue weighted by molar-refractivity contribution is 5.96. The van der Waals surface area contributed by atoms with Gasteiger partial charge in [-0.2, -0.15) is 0 Å². The van der Waals surface area contributed by atoms with Crippen LogP contribution in [-0.4, -0.2) is 46.2 Å². The summed E-state index contributed by atoms with van der Waals surface area (Å²) in [6.45, 7) is -0.319. The smallest absolute Gasteiger partial charge is 0.311 e. The molecule has 3 heterocycles. The number of aliphatic hydroxyl groups is 1. The third-order valence-corrected chi connectivity index (χ3v) is 6.94. The molecule has 1 fully saturated rings. The summed E-state index contributed by atoms with van der Waals surface area (Å²) in [7, 11) is 1.24. The Hall–Kier alpha value is -3.78. The van der Waals surface area contributed by atoms with E-state index in [4.69, 9.17) is 4.74 Å². The van der Waals surface area contributed by atoms with Gasteiger partial charge in [-0.1, -0.05) is 42.5 Å². The van der Waals surface area contributed by atoms with Crippen LogP contribution in [0.15, 0.2) is 71.5 Å². The predicted molar refractivity (Wildman–Crippen MR) is 121 cm³/mol. The summed E-state index contributed by atoms with van der Waals surface area (Å²) in [5.41, 5.74) is 1.32. The van der Waals surface area contributed by atoms with E-state index in [1.807, 2.05) is 30.3 Å². The van der Waals surface area contributed by atoms with Crippen molar-refractivity contribution in [1.82, 2.24) is 9.47 Å². The summed E-state index contributed by atoms with van der Waals surface area (Å²) in [6, 6.07) is 16.7. The molecule has 2 bridgehead atoms. The van der Waals surface area contributed by atoms with Gasteiger partial charge in [0.25, 0.3) is 11.5 Å². The lowest BCUT2D eigenvalue weighted by molar-refractivity contribution is -0.148. The highest BCUT2D eigenvalue weighted by Crippen LogP contribution is 2.49. The molecule has 34 heavy (non-hydrogen) atoms. The Bertz CT molecular complexity index is 1320. The van der Waals surface area contributed by atoms with E-state index in [1.165, 1.54) is 30.2 Å². The molecule has 2 aliphatic heterocycles. The van der Waals surface area contributed by atoms with Crippen LogP contribution < -0.4 is 5.56 Å². The van der Waals surface area contributed by atoms with Crippen LogP contribution in [0.4, 0.5) is 4.39 Å². The van der Waals surface area contributed by atoms with Gasteiger partial charge in [0.15, 0.2) is 0 Å². The maximum absolute atomic E-state index is 14.5. The maximum atomic E-state index is 14.5. The van der Waals surface area contributed by atoms with Crippen molar-refractivity contribution < 1.29 is 23.8 Å². The molecule has 1 N–H and O–H groups in total. The van der Waals surface area contributed by atoms with E-state index in [0.717, 1.165) is 5.56 Å². The molecule has 5 rings (SSSR count). The predicted octanol–water partition coefficient (Wildman–Crippen LogP) is 2.63. The fourth-order valence-electron chi connectivity index (χ4n) is 5.40. The van der Waals surface area contributed by atoms with Crippen molar-refractivity contribution >= 4 is 11.9 Å². The fourth-order valence-corrected chi connectivity index (χ4v) is 5.40. The molecule has 1 amide bonds. The second kappa shape index (κ2) is 8.53. The Morgan fingerprint density at radius 2 is 1.76 bits per heavy atom. The zero-order valence-electron chi connectivity index (χ0n) is 18.4. The number of benzene rings is 2. The van der Waals surface area contributed by atoms with Gasteiger partial charge in [0, 0.05) is 30.3 Å². The Kier molecular flexibility index (Phi) is 5.53. The fraction of sp³-hybridized carbons (Fsp3) is 0.269. The van der Waals surface area contributed by atoms with E-state index >= 15 is 0 Å². The van der Waals surface area contributed by atoms with Crippen LogP contribution in [0.2, 0.25) is 0 Å². The third kappa shape index (κ3) is 3.25. The number of esters is 1. The number of carbonyl (C=O) groups is 2. The summed E-state index contributed by atoms with van der Waals surface area (Å²) >= 11 is 0. The van der Waals surface area contributed by atoms with Crippen molar-refractivity contribution in [3.05, 3.63) is 94.2 Å². The number of pyridine rings is 1. The molecule has 4 atom stereocenters. The van der Waals surface area contributed by atoms with Crippen molar-refractivity contribution in [3.63, 3.8) is 0 Å². The lowest BCUT2D eigenvalue weighted by Gasteiger charge is -2.38. The van der Waals surface area contributed by atoms with Gasteiger partial charge in [-0.15, -0.1) is 0 Å². The normalized spacial score (nSPS) is 22.9. The van der Waals surface area contributed by atoms with Crippen molar-refractivity contribution in [2.45, 2.75) is 18.6 Å². The molecular formula is C26H23FN2O5. The van der Waals surface area contributed by atoms with Gasteiger partial charge in [0.1, 0.15) is 5.82 Å². The van der Waals surface area contributed by atoms with Gasteiger partial charge in [0.2, 0.25) is 0 Å². The number of carbonyl (C=O) groups excluding carboxylic acids is 2. The number of halogens is 1. The largest absolute Gasteiger partial charge is 0.469 e. The maximum Gasteiger partial charge on any atom is 0.311 e. The lowest BCUT2D eigenvalue weighted by atomic mass is 9.87. The van der Waals surface area contributed by atoms with Crippen molar-refractivity contribution in [3.8, 4) is 11.1 Å². The first-order valence-corrected chi connectivity index (χ1v) is 11.0. The second-order valence-electron chi connectivity index (χ2n) is 8.55. The zero-order chi connectivity index (χ0) is 24.0. The minimum atomic E-state index is -0.897. The zero-order valence-corrected chi connectivity index (χ0v) is 18.4. The topological polar surface area (TPSA) is 88.8 Å². The lowest BCUT2D eigenvalue weighted by Crippen LogP contribution is -2.49. The van der Waals surface area contributed by atoms with Gasteiger partial charge < -0.3 is 19.3 Å². The Morgan fingerprint density at radius 3 is 2.44 bits per heavy atom. The van der Waals surface area contributed by atoms with Gasteiger partial charge in [0.05, 0.1) is 30.7 Å². The highest BCUT2D eigenvalue weighted by atomic mass is 19.1. The van der Waals surface area contributed by atoms with Crippen LogP contribution in [0.3, 0.4) is 0 Å². The first-order valence-electron chi connectivity index (χ1n) is 11.0. The molecule has 0 spiro atoms. The average molecular weight is 462 g/mol. The average Bonchev–Trinajstić information content (AvgIpc) is 3.10. The highest BCUT2D eigenvalue weighted by Gasteiger charge is 2.58. The van der Waals surface area contributed by atoms with E-state index < -0.39 is 48.2 Å². The van der Waals surface area contributed by atoms with Gasteiger partial charge in [-0.25, -0.2) is 4.39 Å². The number of aliphatic hydroxyl groups excluding tert-OH is 1. The SMILES string of the molecule is COC(=O)[C@@H]1[C@@H](CO)[C@@H]2Cn3c(ccc(-c4ccccc4)c3=O)[C@H]1N2C(=O)c1ccccc1F. The van der Waals surface area contributed by atoms with Crippen LogP contribution in [0.25, 0.3) is 11.1 Å². The summed E-state index contributed by atoms with van der Waals surface area (Å²) in [5, 5.41) is 10.2. The van der Waals surface area contributed by atoms with Gasteiger partial charge in [-0.3, -0.25) is 14.4 Å². The van der Waals surface area contributed by atoms with E-state index in [9.17, 15) is 23.9 Å². The number of methoxy groups -OCH3 is 1. The minimum Gasteiger partial charge on any atom is -0.469 e. The minimum absolute atomic E-state index is 0.0737. The molecule has 0 saturated carbocycles. The van der Waals surface area contributed by atoms with Crippen LogP contribution in [0.1, 0.15) is 22.1 Å². The first kappa shape index (κ1) is 22.0. The van der Waals surface area contributed by atoms with Crippen LogP contribution in [-0.2, 0) is 16.1 Å². The Labute approximate surface area is 195 Å². The summed E-state index contributed by atoms with van der Waals surface area (Å²) in [6.07, 6.45) is 0. The number of hydrogen-bond acceptors (Lipinski definition) is 5. The van der Waals surface area contributed by atoms with Crippen molar-refractivity contribution in [1.29, 1.82) is 0 Å². The first-order chi connectivity index (χ1) is 16.5. The molecule has 174 valence electrons. The summed E-state index contributed by atoms with van der Waals surface area (Å²) in [4.78, 5) is 41.3. The monoisotopic (exact) mass is 462 g/mol. The summed E-state index contributed by atoms with van der Waals surface area (Å²) < 4.78 is 21.1.